The van der Waals surface area contributed by atoms with E-state index in [1.54, 1.807) is 16.2 Å². The van der Waals surface area contributed by atoms with Crippen LogP contribution in [-0.4, -0.2) is 23.9 Å². The van der Waals surface area contributed by atoms with E-state index in [0.717, 1.165) is 10.2 Å². The van der Waals surface area contributed by atoms with Gasteiger partial charge >= 0.3 is 0 Å². The highest BCUT2D eigenvalue weighted by Crippen LogP contribution is 2.23. The van der Waals surface area contributed by atoms with Gasteiger partial charge in [0.2, 0.25) is 5.91 Å². The van der Waals surface area contributed by atoms with Gasteiger partial charge in [-0.3, -0.25) is 4.79 Å². The van der Waals surface area contributed by atoms with Gasteiger partial charge in [0, 0.05) is 24.4 Å². The molecular weight excluding hydrogens is 288 g/mol. The summed E-state index contributed by atoms with van der Waals surface area (Å²) in [4.78, 5) is 14.7. The minimum atomic E-state index is 0.0910. The molecule has 0 bridgehead atoms. The van der Waals surface area contributed by atoms with Crippen LogP contribution in [0.2, 0.25) is 0 Å². The topological polar surface area (TPSA) is 46.3 Å². The second-order valence-electron chi connectivity index (χ2n) is 3.97. The van der Waals surface area contributed by atoms with Crippen molar-refractivity contribution < 1.29 is 4.79 Å². The number of amides is 1. The SMILES string of the molecule is CC(N)CCC(=O)N(C)Cc1ccc(Br)s1. The van der Waals surface area contributed by atoms with Gasteiger partial charge in [-0.2, -0.15) is 0 Å². The van der Waals surface area contributed by atoms with E-state index in [9.17, 15) is 4.79 Å². The highest BCUT2D eigenvalue weighted by atomic mass is 79.9. The first-order valence-corrected chi connectivity index (χ1v) is 6.83. The summed E-state index contributed by atoms with van der Waals surface area (Å²) in [5.74, 6) is 0.154. The Labute approximate surface area is 109 Å². The third-order valence-electron chi connectivity index (χ3n) is 2.26. The molecular formula is C11H17BrN2OS. The Balaban J connectivity index is 2.39. The summed E-state index contributed by atoms with van der Waals surface area (Å²) in [5, 5.41) is 0. The van der Waals surface area contributed by atoms with Gasteiger partial charge in [0.05, 0.1) is 10.3 Å². The lowest BCUT2D eigenvalue weighted by Gasteiger charge is -2.16. The van der Waals surface area contributed by atoms with Crippen LogP contribution in [0.15, 0.2) is 15.9 Å². The zero-order chi connectivity index (χ0) is 12.1. The van der Waals surface area contributed by atoms with Crippen molar-refractivity contribution in [2.24, 2.45) is 5.73 Å². The van der Waals surface area contributed by atoms with Gasteiger partial charge in [0.25, 0.3) is 0 Å². The molecule has 1 heterocycles. The van der Waals surface area contributed by atoms with Crippen LogP contribution in [0.5, 0.6) is 0 Å². The first-order chi connectivity index (χ1) is 7.49. The highest BCUT2D eigenvalue weighted by Gasteiger charge is 2.10. The lowest BCUT2D eigenvalue weighted by Crippen LogP contribution is -2.27. The first-order valence-electron chi connectivity index (χ1n) is 5.23. The van der Waals surface area contributed by atoms with Crippen LogP contribution in [0.4, 0.5) is 0 Å². The quantitative estimate of drug-likeness (QED) is 0.909. The van der Waals surface area contributed by atoms with Crippen molar-refractivity contribution in [1.29, 1.82) is 0 Å². The second-order valence-corrected chi connectivity index (χ2v) is 6.52. The maximum Gasteiger partial charge on any atom is 0.222 e. The monoisotopic (exact) mass is 304 g/mol. The van der Waals surface area contributed by atoms with Gasteiger partial charge in [-0.25, -0.2) is 0 Å². The van der Waals surface area contributed by atoms with E-state index in [1.165, 1.54) is 4.88 Å². The predicted octanol–water partition coefficient (Wildman–Crippen LogP) is 2.60. The van der Waals surface area contributed by atoms with Crippen molar-refractivity contribution in [1.82, 2.24) is 4.90 Å². The number of nitrogens with two attached hydrogens (primary N) is 1. The highest BCUT2D eigenvalue weighted by molar-refractivity contribution is 9.11. The summed E-state index contributed by atoms with van der Waals surface area (Å²) in [5.41, 5.74) is 5.62. The third-order valence-corrected chi connectivity index (χ3v) is 3.87. The molecule has 0 fully saturated rings. The molecule has 0 aliphatic rings. The zero-order valence-electron chi connectivity index (χ0n) is 9.57. The second kappa shape index (κ2) is 6.37. The molecule has 1 atom stereocenters. The van der Waals surface area contributed by atoms with Crippen LogP contribution in [-0.2, 0) is 11.3 Å². The van der Waals surface area contributed by atoms with Gasteiger partial charge < -0.3 is 10.6 Å². The van der Waals surface area contributed by atoms with Crippen LogP contribution >= 0.6 is 27.3 Å². The normalized spacial score (nSPS) is 12.5. The van der Waals surface area contributed by atoms with E-state index in [-0.39, 0.29) is 11.9 Å². The van der Waals surface area contributed by atoms with Gasteiger partial charge in [0.15, 0.2) is 0 Å². The maximum atomic E-state index is 11.7. The molecule has 1 aromatic heterocycles. The minimum Gasteiger partial charge on any atom is -0.341 e. The number of carbonyl (C=O) groups excluding carboxylic acids is 1. The van der Waals surface area contributed by atoms with E-state index in [4.69, 9.17) is 5.73 Å². The molecule has 0 saturated carbocycles. The molecule has 1 amide bonds. The van der Waals surface area contributed by atoms with Crippen molar-refractivity contribution in [2.75, 3.05) is 7.05 Å². The minimum absolute atomic E-state index is 0.0910. The number of carbonyl (C=O) groups is 1. The fourth-order valence-corrected chi connectivity index (χ4v) is 2.84. The van der Waals surface area contributed by atoms with Crippen molar-refractivity contribution in [3.05, 3.63) is 20.8 Å². The Hall–Kier alpha value is -0.390. The first kappa shape index (κ1) is 13.7. The lowest BCUT2D eigenvalue weighted by molar-refractivity contribution is -0.130. The Kier molecular flexibility index (Phi) is 5.44. The number of halogens is 1. The van der Waals surface area contributed by atoms with Crippen LogP contribution in [0.25, 0.3) is 0 Å². The fraction of sp³-hybridized carbons (Fsp3) is 0.545. The molecule has 1 unspecified atom stereocenters. The predicted molar refractivity (Wildman–Crippen MR) is 71.4 cm³/mol. The molecule has 2 N–H and O–H groups in total. The van der Waals surface area contributed by atoms with E-state index in [1.807, 2.05) is 26.1 Å². The van der Waals surface area contributed by atoms with E-state index < -0.39 is 0 Å². The summed E-state index contributed by atoms with van der Waals surface area (Å²) in [6.45, 7) is 2.59. The lowest BCUT2D eigenvalue weighted by atomic mass is 10.2. The van der Waals surface area contributed by atoms with E-state index >= 15 is 0 Å². The summed E-state index contributed by atoms with van der Waals surface area (Å²) in [6.07, 6.45) is 1.28. The summed E-state index contributed by atoms with van der Waals surface area (Å²) in [7, 11) is 1.83. The van der Waals surface area contributed by atoms with Crippen molar-refractivity contribution >= 4 is 33.2 Å². The number of rotatable bonds is 5. The van der Waals surface area contributed by atoms with Gasteiger partial charge in [0.1, 0.15) is 0 Å². The Morgan fingerprint density at radius 1 is 1.62 bits per heavy atom. The fourth-order valence-electron chi connectivity index (χ4n) is 1.30. The molecule has 0 aliphatic heterocycles. The van der Waals surface area contributed by atoms with Crippen LogP contribution < -0.4 is 5.73 Å². The number of thiophene rings is 1. The molecule has 0 saturated heterocycles. The largest absolute Gasteiger partial charge is 0.341 e. The summed E-state index contributed by atoms with van der Waals surface area (Å²) in [6, 6.07) is 4.12. The molecule has 0 aliphatic carbocycles. The van der Waals surface area contributed by atoms with E-state index in [0.29, 0.717) is 13.0 Å². The van der Waals surface area contributed by atoms with Crippen LogP contribution in [0.3, 0.4) is 0 Å². The number of nitrogens with zero attached hydrogens (tertiary/aromatic N) is 1. The van der Waals surface area contributed by atoms with Crippen molar-refractivity contribution in [3.63, 3.8) is 0 Å². The van der Waals surface area contributed by atoms with Crippen LogP contribution in [0, 0.1) is 0 Å². The Bertz CT molecular complexity index is 352. The van der Waals surface area contributed by atoms with Crippen molar-refractivity contribution in [3.8, 4) is 0 Å². The average molecular weight is 305 g/mol. The molecule has 0 aromatic carbocycles. The van der Waals surface area contributed by atoms with Crippen LogP contribution in [0.1, 0.15) is 24.6 Å². The molecule has 0 radical (unpaired) electrons. The standard InChI is InChI=1S/C11H17BrN2OS/c1-8(13)3-6-11(15)14(2)7-9-4-5-10(12)16-9/h4-5,8H,3,6-7,13H2,1-2H3. The van der Waals surface area contributed by atoms with Gasteiger partial charge in [-0.05, 0) is 41.4 Å². The Morgan fingerprint density at radius 3 is 2.81 bits per heavy atom. The number of hydrogen-bond donors (Lipinski definition) is 1. The zero-order valence-corrected chi connectivity index (χ0v) is 12.0. The smallest absolute Gasteiger partial charge is 0.222 e. The molecule has 0 spiro atoms. The molecule has 16 heavy (non-hydrogen) atoms. The van der Waals surface area contributed by atoms with E-state index in [2.05, 4.69) is 15.9 Å². The Morgan fingerprint density at radius 2 is 2.31 bits per heavy atom. The van der Waals surface area contributed by atoms with Crippen molar-refractivity contribution in [2.45, 2.75) is 32.4 Å². The maximum absolute atomic E-state index is 11.7. The van der Waals surface area contributed by atoms with Gasteiger partial charge in [-0.15, -0.1) is 11.3 Å². The molecule has 3 nitrogen and oxygen atoms in total. The molecule has 5 heteroatoms. The third kappa shape index (κ3) is 4.63. The summed E-state index contributed by atoms with van der Waals surface area (Å²) >= 11 is 5.06. The average Bonchev–Trinajstić information content (AvgIpc) is 2.60. The van der Waals surface area contributed by atoms with Gasteiger partial charge in [-0.1, -0.05) is 0 Å². The summed E-state index contributed by atoms with van der Waals surface area (Å²) < 4.78 is 1.10. The molecule has 1 rings (SSSR count). The molecule has 90 valence electrons. The molecule has 1 aromatic rings. The number of hydrogen-bond acceptors (Lipinski definition) is 3.